The fraction of sp³-hybridized carbons (Fsp3) is 0.538. The molecule has 1 aromatic carbocycles. The van der Waals surface area contributed by atoms with E-state index in [0.717, 1.165) is 12.0 Å². The number of hydrogen-bond acceptors (Lipinski definition) is 3. The Bertz CT molecular complexity index is 604. The quantitative estimate of drug-likeness (QED) is 0.836. The van der Waals surface area contributed by atoms with Crippen LogP contribution in [-0.4, -0.2) is 26.5 Å². The molecule has 1 aliphatic rings. The summed E-state index contributed by atoms with van der Waals surface area (Å²) < 4.78 is 22.8. The van der Waals surface area contributed by atoms with Crippen LogP contribution in [0.3, 0.4) is 0 Å². The molecule has 1 aliphatic heterocycles. The van der Waals surface area contributed by atoms with Gasteiger partial charge in [-0.2, -0.15) is 0 Å². The molecule has 0 amide bonds. The lowest BCUT2D eigenvalue weighted by atomic mass is 10.1. The van der Waals surface area contributed by atoms with E-state index >= 15 is 0 Å². The van der Waals surface area contributed by atoms with Crippen molar-refractivity contribution in [3.8, 4) is 0 Å². The Labute approximate surface area is 134 Å². The zero-order valence-corrected chi connectivity index (χ0v) is 14.1. The van der Waals surface area contributed by atoms with E-state index in [0.29, 0.717) is 27.4 Å². The highest BCUT2D eigenvalue weighted by atomic mass is 35.5. The number of benzene rings is 1. The van der Waals surface area contributed by atoms with Crippen molar-refractivity contribution in [3.05, 3.63) is 32.8 Å². The molecule has 0 spiro atoms. The highest BCUT2D eigenvalue weighted by molar-refractivity contribution is 7.91. The maximum atomic E-state index is 11.4. The summed E-state index contributed by atoms with van der Waals surface area (Å²) in [5.74, 6) is 0.729. The third-order valence-electron chi connectivity index (χ3n) is 3.57. The number of hydrogen-bond donors (Lipinski definition) is 1. The first-order valence-electron chi connectivity index (χ1n) is 6.37. The predicted molar refractivity (Wildman–Crippen MR) is 84.7 cm³/mol. The van der Waals surface area contributed by atoms with Gasteiger partial charge < -0.3 is 5.32 Å². The van der Waals surface area contributed by atoms with Crippen LogP contribution in [-0.2, 0) is 9.84 Å². The smallest absolute Gasteiger partial charge is 0.150 e. The lowest BCUT2D eigenvalue weighted by Gasteiger charge is -2.19. The van der Waals surface area contributed by atoms with Crippen molar-refractivity contribution in [3.63, 3.8) is 0 Å². The molecule has 112 valence electrons. The molecule has 1 N–H and O–H groups in total. The van der Waals surface area contributed by atoms with E-state index in [1.54, 1.807) is 6.07 Å². The van der Waals surface area contributed by atoms with Crippen molar-refractivity contribution in [1.82, 2.24) is 5.32 Å². The maximum Gasteiger partial charge on any atom is 0.150 e. The highest BCUT2D eigenvalue weighted by Crippen LogP contribution is 2.35. The second kappa shape index (κ2) is 6.41. The minimum absolute atomic E-state index is 0.0134. The Balaban J connectivity index is 1.99. The summed E-state index contributed by atoms with van der Waals surface area (Å²) in [6.07, 6.45) is 0.719. The summed E-state index contributed by atoms with van der Waals surface area (Å²) in [4.78, 5) is 0. The van der Waals surface area contributed by atoms with Crippen LogP contribution in [0.4, 0.5) is 0 Å². The first-order chi connectivity index (χ1) is 9.30. The fourth-order valence-corrected chi connectivity index (χ4v) is 4.93. The molecule has 1 saturated heterocycles. The second-order valence-corrected chi connectivity index (χ2v) is 8.56. The Morgan fingerprint density at radius 3 is 2.60 bits per heavy atom. The molecule has 0 aliphatic carbocycles. The molecule has 2 unspecified atom stereocenters. The van der Waals surface area contributed by atoms with E-state index in [1.807, 2.05) is 13.0 Å². The zero-order chi connectivity index (χ0) is 14.9. The van der Waals surface area contributed by atoms with Gasteiger partial charge in [-0.25, -0.2) is 8.42 Å². The minimum Gasteiger partial charge on any atom is -0.310 e. The van der Waals surface area contributed by atoms with Crippen LogP contribution in [0.5, 0.6) is 0 Å². The normalized spacial score (nSPS) is 22.9. The van der Waals surface area contributed by atoms with Gasteiger partial charge in [0.2, 0.25) is 0 Å². The van der Waals surface area contributed by atoms with E-state index in [9.17, 15) is 8.42 Å². The van der Waals surface area contributed by atoms with Crippen molar-refractivity contribution in [1.29, 1.82) is 0 Å². The molecule has 0 radical (unpaired) electrons. The van der Waals surface area contributed by atoms with Gasteiger partial charge in [-0.3, -0.25) is 0 Å². The summed E-state index contributed by atoms with van der Waals surface area (Å²) >= 11 is 18.1. The zero-order valence-electron chi connectivity index (χ0n) is 11.0. The standard InChI is InChI=1S/C13H16Cl3NO2S/c1-8(10-2-3-11(14)13(16)12(10)15)17-6-9-4-5-20(18,19)7-9/h2-3,8-9,17H,4-7H2,1H3. The highest BCUT2D eigenvalue weighted by Gasteiger charge is 2.28. The van der Waals surface area contributed by atoms with E-state index in [2.05, 4.69) is 5.32 Å². The van der Waals surface area contributed by atoms with Crippen molar-refractivity contribution >= 4 is 44.6 Å². The molecule has 1 aromatic rings. The number of halogens is 3. The average molecular weight is 357 g/mol. The molecular formula is C13H16Cl3NO2S. The molecule has 7 heteroatoms. The first-order valence-corrected chi connectivity index (χ1v) is 9.33. The number of sulfone groups is 1. The van der Waals surface area contributed by atoms with Crippen LogP contribution in [0.25, 0.3) is 0 Å². The van der Waals surface area contributed by atoms with Gasteiger partial charge in [0, 0.05) is 6.04 Å². The van der Waals surface area contributed by atoms with Crippen LogP contribution in [0, 0.1) is 5.92 Å². The van der Waals surface area contributed by atoms with Gasteiger partial charge in [0.25, 0.3) is 0 Å². The summed E-state index contributed by atoms with van der Waals surface area (Å²) in [6, 6.07) is 3.53. The molecule has 20 heavy (non-hydrogen) atoms. The molecule has 2 atom stereocenters. The minimum atomic E-state index is -2.83. The monoisotopic (exact) mass is 355 g/mol. The number of rotatable bonds is 4. The Morgan fingerprint density at radius 1 is 1.30 bits per heavy atom. The van der Waals surface area contributed by atoms with Gasteiger partial charge >= 0.3 is 0 Å². The van der Waals surface area contributed by atoms with Crippen molar-refractivity contribution in [2.45, 2.75) is 19.4 Å². The third-order valence-corrected chi connectivity index (χ3v) is 6.72. The lowest BCUT2D eigenvalue weighted by molar-refractivity contribution is 0.476. The van der Waals surface area contributed by atoms with Crippen molar-refractivity contribution in [2.75, 3.05) is 18.1 Å². The van der Waals surface area contributed by atoms with Crippen LogP contribution in [0.15, 0.2) is 12.1 Å². The molecule has 1 heterocycles. The van der Waals surface area contributed by atoms with Crippen LogP contribution in [0.1, 0.15) is 24.9 Å². The van der Waals surface area contributed by atoms with Crippen molar-refractivity contribution in [2.24, 2.45) is 5.92 Å². The number of nitrogens with one attached hydrogen (secondary N) is 1. The Hall–Kier alpha value is -0.000000000000000167. The van der Waals surface area contributed by atoms with E-state index in [1.165, 1.54) is 0 Å². The molecule has 3 nitrogen and oxygen atoms in total. The van der Waals surface area contributed by atoms with Gasteiger partial charge in [0.1, 0.15) is 0 Å². The molecule has 0 saturated carbocycles. The average Bonchev–Trinajstić information content (AvgIpc) is 2.73. The lowest BCUT2D eigenvalue weighted by Crippen LogP contribution is -2.26. The van der Waals surface area contributed by atoms with Crippen LogP contribution in [0.2, 0.25) is 15.1 Å². The van der Waals surface area contributed by atoms with Gasteiger partial charge in [-0.15, -0.1) is 0 Å². The Morgan fingerprint density at radius 2 is 2.00 bits per heavy atom. The predicted octanol–water partition coefficient (Wildman–Crippen LogP) is 3.73. The van der Waals surface area contributed by atoms with Gasteiger partial charge in [0.15, 0.2) is 9.84 Å². The fourth-order valence-electron chi connectivity index (χ4n) is 2.36. The molecule has 1 fully saturated rings. The van der Waals surface area contributed by atoms with Crippen molar-refractivity contribution < 1.29 is 8.42 Å². The molecule has 0 aromatic heterocycles. The largest absolute Gasteiger partial charge is 0.310 e. The van der Waals surface area contributed by atoms with Crippen LogP contribution < -0.4 is 5.32 Å². The first kappa shape index (κ1) is 16.4. The second-order valence-electron chi connectivity index (χ2n) is 5.16. The van der Waals surface area contributed by atoms with Gasteiger partial charge in [0.05, 0.1) is 26.6 Å². The van der Waals surface area contributed by atoms with E-state index < -0.39 is 9.84 Å². The molecule has 0 bridgehead atoms. The van der Waals surface area contributed by atoms with E-state index in [-0.39, 0.29) is 17.7 Å². The summed E-state index contributed by atoms with van der Waals surface area (Å²) in [5, 5.41) is 4.53. The SMILES string of the molecule is CC(NCC1CCS(=O)(=O)C1)c1ccc(Cl)c(Cl)c1Cl. The summed E-state index contributed by atoms with van der Waals surface area (Å²) in [7, 11) is -2.83. The summed E-state index contributed by atoms with van der Waals surface area (Å²) in [5.41, 5.74) is 0.863. The van der Waals surface area contributed by atoms with Gasteiger partial charge in [-0.1, -0.05) is 40.9 Å². The summed E-state index contributed by atoms with van der Waals surface area (Å²) in [6.45, 7) is 2.62. The van der Waals surface area contributed by atoms with Crippen LogP contribution >= 0.6 is 34.8 Å². The van der Waals surface area contributed by atoms with Gasteiger partial charge in [-0.05, 0) is 37.4 Å². The maximum absolute atomic E-state index is 11.4. The Kier molecular flexibility index (Phi) is 5.24. The van der Waals surface area contributed by atoms with E-state index in [4.69, 9.17) is 34.8 Å². The molecule has 2 rings (SSSR count). The molecular weight excluding hydrogens is 341 g/mol. The third kappa shape index (κ3) is 3.80. The topological polar surface area (TPSA) is 46.2 Å².